The Hall–Kier alpha value is -0.770. The van der Waals surface area contributed by atoms with Crippen LogP contribution < -0.4 is 5.32 Å². The molecule has 2 aliphatic heterocycles. The van der Waals surface area contributed by atoms with E-state index >= 15 is 0 Å². The molecule has 0 aromatic heterocycles. The number of hydrogen-bond donors (Lipinski definition) is 1. The van der Waals surface area contributed by atoms with Crippen molar-refractivity contribution in [2.75, 3.05) is 19.7 Å². The van der Waals surface area contributed by atoms with Gasteiger partial charge < -0.3 is 15.0 Å². The molecule has 0 aromatic rings. The van der Waals surface area contributed by atoms with E-state index in [1.54, 1.807) is 0 Å². The predicted octanol–water partition coefficient (Wildman–Crippen LogP) is 1.75. The molecule has 2 saturated heterocycles. The highest BCUT2D eigenvalue weighted by Crippen LogP contribution is 2.28. The Balaban J connectivity index is 1.89. The maximum Gasteiger partial charge on any atom is 0.407 e. The number of alkyl carbamates (subject to hydrolysis) is 1. The minimum Gasteiger partial charge on any atom is -0.447 e. The Bertz CT molecular complexity index is 256. The van der Waals surface area contributed by atoms with Gasteiger partial charge in [-0.05, 0) is 25.7 Å². The Morgan fingerprint density at radius 3 is 2.44 bits per heavy atom. The Kier molecular flexibility index (Phi) is 3.38. The van der Waals surface area contributed by atoms with Crippen LogP contribution in [0.3, 0.4) is 0 Å². The first kappa shape index (κ1) is 11.7. The van der Waals surface area contributed by atoms with Crippen LogP contribution in [0.5, 0.6) is 0 Å². The minimum absolute atomic E-state index is 0.0559. The van der Waals surface area contributed by atoms with Gasteiger partial charge in [-0.2, -0.15) is 0 Å². The molecule has 2 aliphatic rings. The van der Waals surface area contributed by atoms with Gasteiger partial charge in [0, 0.05) is 19.1 Å². The zero-order chi connectivity index (χ0) is 11.6. The van der Waals surface area contributed by atoms with Gasteiger partial charge in [0.15, 0.2) is 0 Å². The molecular weight excluding hydrogens is 204 g/mol. The third-order valence-electron chi connectivity index (χ3n) is 4.06. The first-order valence-electron chi connectivity index (χ1n) is 6.38. The van der Waals surface area contributed by atoms with Crippen molar-refractivity contribution in [2.45, 2.75) is 51.1 Å². The highest BCUT2D eigenvalue weighted by Gasteiger charge is 2.42. The topological polar surface area (TPSA) is 41.6 Å². The molecule has 0 saturated carbocycles. The van der Waals surface area contributed by atoms with Crippen LogP contribution in [-0.4, -0.2) is 42.3 Å². The number of piperidine rings is 1. The van der Waals surface area contributed by atoms with E-state index in [0.29, 0.717) is 12.6 Å². The Labute approximate surface area is 97.3 Å². The van der Waals surface area contributed by atoms with E-state index in [4.69, 9.17) is 4.74 Å². The molecule has 16 heavy (non-hydrogen) atoms. The summed E-state index contributed by atoms with van der Waals surface area (Å²) in [6, 6.07) is 0.704. The normalized spacial score (nSPS) is 24.8. The molecule has 2 rings (SSSR count). The molecule has 0 unspecified atom stereocenters. The molecule has 2 heterocycles. The van der Waals surface area contributed by atoms with Gasteiger partial charge >= 0.3 is 6.09 Å². The molecule has 4 nitrogen and oxygen atoms in total. The Morgan fingerprint density at radius 1 is 1.38 bits per heavy atom. The average molecular weight is 226 g/mol. The SMILES string of the molecule is CCC(CC)N1CCC2(CC1)COC(=O)N2. The molecule has 1 amide bonds. The molecule has 1 N–H and O–H groups in total. The van der Waals surface area contributed by atoms with Crippen molar-refractivity contribution in [3.63, 3.8) is 0 Å². The smallest absolute Gasteiger partial charge is 0.407 e. The monoisotopic (exact) mass is 226 g/mol. The summed E-state index contributed by atoms with van der Waals surface area (Å²) in [5.41, 5.74) is -0.0559. The lowest BCUT2D eigenvalue weighted by atomic mass is 9.88. The summed E-state index contributed by atoms with van der Waals surface area (Å²) in [4.78, 5) is 13.6. The van der Waals surface area contributed by atoms with Crippen molar-refractivity contribution < 1.29 is 9.53 Å². The van der Waals surface area contributed by atoms with Crippen LogP contribution in [0.25, 0.3) is 0 Å². The molecule has 0 radical (unpaired) electrons. The van der Waals surface area contributed by atoms with Crippen LogP contribution in [0.2, 0.25) is 0 Å². The van der Waals surface area contributed by atoms with Crippen molar-refractivity contribution in [3.05, 3.63) is 0 Å². The maximum atomic E-state index is 11.1. The van der Waals surface area contributed by atoms with Gasteiger partial charge in [0.25, 0.3) is 0 Å². The number of nitrogens with zero attached hydrogens (tertiary/aromatic N) is 1. The van der Waals surface area contributed by atoms with Crippen LogP contribution in [0.1, 0.15) is 39.5 Å². The van der Waals surface area contributed by atoms with Gasteiger partial charge in [-0.25, -0.2) is 4.79 Å². The third-order valence-corrected chi connectivity index (χ3v) is 4.06. The van der Waals surface area contributed by atoms with E-state index in [9.17, 15) is 4.79 Å². The fourth-order valence-electron chi connectivity index (χ4n) is 2.88. The van der Waals surface area contributed by atoms with Gasteiger partial charge in [0.1, 0.15) is 6.61 Å². The van der Waals surface area contributed by atoms with Crippen LogP contribution in [0.4, 0.5) is 4.79 Å². The third kappa shape index (κ3) is 2.17. The first-order valence-corrected chi connectivity index (χ1v) is 6.38. The van der Waals surface area contributed by atoms with Crippen molar-refractivity contribution in [1.82, 2.24) is 10.2 Å². The standard InChI is InChI=1S/C12H22N2O2/c1-3-10(4-2)14-7-5-12(6-8-14)9-16-11(15)13-12/h10H,3-9H2,1-2H3,(H,13,15). The Morgan fingerprint density at radius 2 is 2.00 bits per heavy atom. The fourth-order valence-corrected chi connectivity index (χ4v) is 2.88. The molecule has 0 aromatic carbocycles. The van der Waals surface area contributed by atoms with Crippen molar-refractivity contribution >= 4 is 6.09 Å². The van der Waals surface area contributed by atoms with Gasteiger partial charge in [0.05, 0.1) is 5.54 Å². The fraction of sp³-hybridized carbons (Fsp3) is 0.917. The summed E-state index contributed by atoms with van der Waals surface area (Å²) in [5, 5.41) is 2.98. The predicted molar refractivity (Wildman–Crippen MR) is 62.4 cm³/mol. The first-order chi connectivity index (χ1) is 7.69. The number of ether oxygens (including phenoxy) is 1. The number of rotatable bonds is 3. The van der Waals surface area contributed by atoms with Crippen molar-refractivity contribution in [1.29, 1.82) is 0 Å². The number of carbonyl (C=O) groups excluding carboxylic acids is 1. The van der Waals surface area contributed by atoms with Gasteiger partial charge in [-0.3, -0.25) is 0 Å². The summed E-state index contributed by atoms with van der Waals surface area (Å²) in [5.74, 6) is 0. The zero-order valence-corrected chi connectivity index (χ0v) is 10.3. The highest BCUT2D eigenvalue weighted by molar-refractivity contribution is 5.70. The van der Waals surface area contributed by atoms with Crippen LogP contribution in [0, 0.1) is 0 Å². The number of hydrogen-bond acceptors (Lipinski definition) is 3. The zero-order valence-electron chi connectivity index (χ0n) is 10.3. The quantitative estimate of drug-likeness (QED) is 0.797. The average Bonchev–Trinajstić information content (AvgIpc) is 2.65. The number of nitrogens with one attached hydrogen (secondary N) is 1. The van der Waals surface area contributed by atoms with Crippen LogP contribution >= 0.6 is 0 Å². The molecule has 0 bridgehead atoms. The number of carbonyl (C=O) groups is 1. The van der Waals surface area contributed by atoms with Gasteiger partial charge in [-0.15, -0.1) is 0 Å². The van der Waals surface area contributed by atoms with E-state index in [1.807, 2.05) is 0 Å². The maximum absolute atomic E-state index is 11.1. The highest BCUT2D eigenvalue weighted by atomic mass is 16.6. The van der Waals surface area contributed by atoms with Gasteiger partial charge in [0.2, 0.25) is 0 Å². The molecular formula is C12H22N2O2. The second-order valence-corrected chi connectivity index (χ2v) is 4.99. The largest absolute Gasteiger partial charge is 0.447 e. The molecule has 92 valence electrons. The molecule has 4 heteroatoms. The van der Waals surface area contributed by atoms with Crippen LogP contribution in [0.15, 0.2) is 0 Å². The second kappa shape index (κ2) is 4.62. The van der Waals surface area contributed by atoms with Gasteiger partial charge in [-0.1, -0.05) is 13.8 Å². The van der Waals surface area contributed by atoms with Crippen LogP contribution in [-0.2, 0) is 4.74 Å². The molecule has 0 atom stereocenters. The number of likely N-dealkylation sites (tertiary alicyclic amines) is 1. The van der Waals surface area contributed by atoms with Crippen molar-refractivity contribution in [2.24, 2.45) is 0 Å². The lowest BCUT2D eigenvalue weighted by Crippen LogP contribution is -2.54. The van der Waals surface area contributed by atoms with E-state index in [0.717, 1.165) is 25.9 Å². The summed E-state index contributed by atoms with van der Waals surface area (Å²) >= 11 is 0. The van der Waals surface area contributed by atoms with E-state index in [1.165, 1.54) is 12.8 Å². The lowest BCUT2D eigenvalue weighted by Gasteiger charge is -2.41. The second-order valence-electron chi connectivity index (χ2n) is 4.99. The summed E-state index contributed by atoms with van der Waals surface area (Å²) < 4.78 is 5.03. The van der Waals surface area contributed by atoms with E-state index < -0.39 is 0 Å². The number of amides is 1. The number of cyclic esters (lactones) is 1. The molecule has 1 spiro atoms. The van der Waals surface area contributed by atoms with Crippen molar-refractivity contribution in [3.8, 4) is 0 Å². The van der Waals surface area contributed by atoms with E-state index in [2.05, 4.69) is 24.1 Å². The molecule has 2 fully saturated rings. The summed E-state index contributed by atoms with van der Waals surface area (Å²) in [7, 11) is 0. The lowest BCUT2D eigenvalue weighted by molar-refractivity contribution is 0.0934. The van der Waals surface area contributed by atoms with E-state index in [-0.39, 0.29) is 11.6 Å². The molecule has 0 aliphatic carbocycles. The summed E-state index contributed by atoms with van der Waals surface area (Å²) in [6.45, 7) is 7.21. The summed E-state index contributed by atoms with van der Waals surface area (Å²) in [6.07, 6.45) is 4.24. The minimum atomic E-state index is -0.240.